The fourth-order valence-electron chi connectivity index (χ4n) is 0. The SMILES string of the molecule is [K+].[Nb+5].[S-2].[S-2].[S-2]. The van der Waals surface area contributed by atoms with Crippen LogP contribution in [0.25, 0.3) is 0 Å². The van der Waals surface area contributed by atoms with Crippen molar-refractivity contribution in [2.24, 2.45) is 0 Å². The summed E-state index contributed by atoms with van der Waals surface area (Å²) in [6, 6.07) is 0. The van der Waals surface area contributed by atoms with E-state index < -0.39 is 0 Å². The van der Waals surface area contributed by atoms with Crippen LogP contribution in [-0.4, -0.2) is 0 Å². The molecule has 0 heterocycles. The minimum atomic E-state index is 0. The Morgan fingerprint density at radius 1 is 0.600 bits per heavy atom. The third kappa shape index (κ3) is 18.6. The van der Waals surface area contributed by atoms with Gasteiger partial charge in [-0.2, -0.15) is 0 Å². The average molecular weight is 228 g/mol. The maximum atomic E-state index is 0. The van der Waals surface area contributed by atoms with Crippen molar-refractivity contribution in [3.8, 4) is 0 Å². The molecular formula is KNbS3. The first-order valence-electron chi connectivity index (χ1n) is 0. The normalized spacial score (nSPS) is 0. The van der Waals surface area contributed by atoms with Crippen LogP contribution in [0.4, 0.5) is 0 Å². The van der Waals surface area contributed by atoms with Crippen LogP contribution >= 0.6 is 0 Å². The molecule has 24 valence electrons. The van der Waals surface area contributed by atoms with E-state index in [1.807, 2.05) is 0 Å². The number of hydrogen-bond acceptors (Lipinski definition) is 0. The first-order chi connectivity index (χ1) is 0. The second-order valence-corrected chi connectivity index (χ2v) is 0. The quantitative estimate of drug-likeness (QED) is 0.388. The smallest absolute Gasteiger partial charge is 2.00 e. The van der Waals surface area contributed by atoms with Gasteiger partial charge in [-0.15, -0.1) is 0 Å². The van der Waals surface area contributed by atoms with Crippen molar-refractivity contribution in [3.63, 3.8) is 0 Å². The van der Waals surface area contributed by atoms with Gasteiger partial charge in [-0.25, -0.2) is 0 Å². The molecule has 0 rings (SSSR count). The second-order valence-electron chi connectivity index (χ2n) is 0. The third-order valence-electron chi connectivity index (χ3n) is 0. The second kappa shape index (κ2) is 26.1. The van der Waals surface area contributed by atoms with Gasteiger partial charge in [-0.05, 0) is 0 Å². The van der Waals surface area contributed by atoms with Gasteiger partial charge in [0.15, 0.2) is 0 Å². The molecule has 0 aliphatic rings. The Labute approximate surface area is 112 Å². The first kappa shape index (κ1) is 39.6. The summed E-state index contributed by atoms with van der Waals surface area (Å²) in [6.45, 7) is 0. The summed E-state index contributed by atoms with van der Waals surface area (Å²) in [5.74, 6) is 0. The van der Waals surface area contributed by atoms with Crippen LogP contribution in [0, 0.1) is 0 Å². The van der Waals surface area contributed by atoms with E-state index in [9.17, 15) is 0 Å². The third-order valence-corrected chi connectivity index (χ3v) is 0. The molecule has 0 aromatic carbocycles. The van der Waals surface area contributed by atoms with E-state index in [0.29, 0.717) is 0 Å². The largest absolute Gasteiger partial charge is 5.00 e. The molecule has 0 radical (unpaired) electrons. The molecule has 0 unspecified atom stereocenters. The van der Waals surface area contributed by atoms with E-state index in [-0.39, 0.29) is 114 Å². The molecule has 0 aliphatic heterocycles. The fourth-order valence-corrected chi connectivity index (χ4v) is 0. The molecule has 0 aromatic rings. The van der Waals surface area contributed by atoms with Gasteiger partial charge in [0.25, 0.3) is 0 Å². The molecule has 0 amide bonds. The summed E-state index contributed by atoms with van der Waals surface area (Å²) in [5, 5.41) is 0. The van der Waals surface area contributed by atoms with Crippen molar-refractivity contribution in [1.29, 1.82) is 0 Å². The molecule has 0 N–H and O–H groups in total. The number of rotatable bonds is 0. The summed E-state index contributed by atoms with van der Waals surface area (Å²) in [6.07, 6.45) is 0. The minimum Gasteiger partial charge on any atom is -2.00 e. The average Bonchev–Trinajstić information content (AvgIpc) is 0. The van der Waals surface area contributed by atoms with Gasteiger partial charge in [-0.3, -0.25) is 0 Å². The Hall–Kier alpha value is 3.43. The van der Waals surface area contributed by atoms with Crippen molar-refractivity contribution in [3.05, 3.63) is 0 Å². The molecule has 0 saturated heterocycles. The van der Waals surface area contributed by atoms with E-state index in [4.69, 9.17) is 0 Å². The first-order valence-corrected chi connectivity index (χ1v) is 0. The molecule has 0 atom stereocenters. The van der Waals surface area contributed by atoms with Crippen LogP contribution in [0.2, 0.25) is 0 Å². The van der Waals surface area contributed by atoms with E-state index >= 15 is 0 Å². The molecular weight excluding hydrogens is 228 g/mol. The molecule has 0 nitrogen and oxygen atoms in total. The van der Waals surface area contributed by atoms with Crippen molar-refractivity contribution >= 4 is 40.5 Å². The van der Waals surface area contributed by atoms with E-state index in [1.54, 1.807) is 0 Å². The zero-order valence-electron chi connectivity index (χ0n) is 2.67. The van der Waals surface area contributed by atoms with Crippen molar-refractivity contribution in [2.75, 3.05) is 0 Å². The maximum Gasteiger partial charge on any atom is 5.00 e. The van der Waals surface area contributed by atoms with Crippen LogP contribution in [-0.2, 0) is 62.9 Å². The maximum absolute atomic E-state index is 0. The van der Waals surface area contributed by atoms with Crippen molar-refractivity contribution in [1.82, 2.24) is 0 Å². The van der Waals surface area contributed by atoms with Crippen LogP contribution in [0.3, 0.4) is 0 Å². The monoisotopic (exact) mass is 228 g/mol. The summed E-state index contributed by atoms with van der Waals surface area (Å²) in [5.41, 5.74) is 0. The molecule has 5 heavy (non-hydrogen) atoms. The zero-order chi connectivity index (χ0) is 0. The van der Waals surface area contributed by atoms with Gasteiger partial charge in [-0.1, -0.05) is 0 Å². The summed E-state index contributed by atoms with van der Waals surface area (Å²) in [4.78, 5) is 0. The van der Waals surface area contributed by atoms with Crippen LogP contribution in [0.5, 0.6) is 0 Å². The summed E-state index contributed by atoms with van der Waals surface area (Å²) >= 11 is 0. The van der Waals surface area contributed by atoms with Gasteiger partial charge in [0.05, 0.1) is 0 Å². The predicted molar refractivity (Wildman–Crippen MR) is 22.1 cm³/mol. The molecule has 0 spiro atoms. The van der Waals surface area contributed by atoms with Crippen molar-refractivity contribution < 1.29 is 73.8 Å². The Morgan fingerprint density at radius 2 is 0.600 bits per heavy atom. The molecule has 0 aliphatic carbocycles. The Bertz CT molecular complexity index is 6.85. The summed E-state index contributed by atoms with van der Waals surface area (Å²) < 4.78 is 0. The topological polar surface area (TPSA) is 0 Å². The molecule has 5 heteroatoms. The summed E-state index contributed by atoms with van der Waals surface area (Å²) in [7, 11) is 0. The van der Waals surface area contributed by atoms with Gasteiger partial charge in [0.1, 0.15) is 0 Å². The van der Waals surface area contributed by atoms with Crippen molar-refractivity contribution in [2.45, 2.75) is 0 Å². The predicted octanol–water partition coefficient (Wildman–Crippen LogP) is -3.01. The van der Waals surface area contributed by atoms with E-state index in [0.717, 1.165) is 0 Å². The van der Waals surface area contributed by atoms with Crippen LogP contribution in [0.1, 0.15) is 0 Å². The number of hydrogen-bond donors (Lipinski definition) is 0. The van der Waals surface area contributed by atoms with E-state index in [2.05, 4.69) is 0 Å². The molecule has 0 saturated carbocycles. The van der Waals surface area contributed by atoms with E-state index in [1.165, 1.54) is 0 Å². The Morgan fingerprint density at radius 3 is 0.600 bits per heavy atom. The van der Waals surface area contributed by atoms with Crippen LogP contribution in [0.15, 0.2) is 0 Å². The Balaban J connectivity index is 0. The van der Waals surface area contributed by atoms with Gasteiger partial charge < -0.3 is 40.5 Å². The molecule has 0 fully saturated rings. The molecule has 0 aromatic heterocycles. The zero-order valence-corrected chi connectivity index (χ0v) is 10.4. The fraction of sp³-hybridized carbons (Fsp3) is 0. The van der Waals surface area contributed by atoms with Gasteiger partial charge in [0.2, 0.25) is 0 Å². The van der Waals surface area contributed by atoms with Gasteiger partial charge in [0, 0.05) is 0 Å². The minimum absolute atomic E-state index is 0. The molecule has 0 bridgehead atoms. The standard InChI is InChI=1S/K.Nb.3S/q+1;+5;3*-2. The van der Waals surface area contributed by atoms with Crippen LogP contribution < -0.4 is 51.4 Å². The Kier molecular flexibility index (Phi) is 207. The van der Waals surface area contributed by atoms with Gasteiger partial charge >= 0.3 is 73.8 Å².